The molecule has 1 aromatic carbocycles. The van der Waals surface area contributed by atoms with Gasteiger partial charge in [-0.15, -0.1) is 12.6 Å². The molecule has 0 aliphatic carbocycles. The van der Waals surface area contributed by atoms with Gasteiger partial charge in [-0.1, -0.05) is 6.07 Å². The Kier molecular flexibility index (Phi) is 4.73. The lowest BCUT2D eigenvalue weighted by Crippen LogP contribution is -2.11. The number of thiol groups is 1. The molecule has 0 unspecified atom stereocenters. The lowest BCUT2D eigenvalue weighted by Gasteiger charge is -2.08. The van der Waals surface area contributed by atoms with Gasteiger partial charge < -0.3 is 4.74 Å². The van der Waals surface area contributed by atoms with Gasteiger partial charge >= 0.3 is 5.97 Å². The van der Waals surface area contributed by atoms with E-state index in [1.54, 1.807) is 13.0 Å². The van der Waals surface area contributed by atoms with Crippen LogP contribution in [-0.2, 0) is 16.0 Å². The standard InChI is InChI=1S/C12H11NO3S/c1-2-16-12(15)5-9-8(7-14)3-4-11(17)10(9)6-13/h3-4,7,17H,2,5H2,1H3. The van der Waals surface area contributed by atoms with Gasteiger partial charge in [0, 0.05) is 10.5 Å². The molecule has 0 bridgehead atoms. The average Bonchev–Trinajstić information content (AvgIpc) is 2.30. The maximum absolute atomic E-state index is 11.4. The number of ether oxygens (including phenoxy) is 1. The van der Waals surface area contributed by atoms with Crippen LogP contribution in [0, 0.1) is 11.3 Å². The third kappa shape index (κ3) is 3.08. The SMILES string of the molecule is CCOC(=O)Cc1c(C=O)ccc(S)c1C#N. The highest BCUT2D eigenvalue weighted by Gasteiger charge is 2.15. The van der Waals surface area contributed by atoms with E-state index in [1.165, 1.54) is 6.07 Å². The summed E-state index contributed by atoms with van der Waals surface area (Å²) in [6, 6.07) is 5.03. The summed E-state index contributed by atoms with van der Waals surface area (Å²) < 4.78 is 4.80. The molecule has 0 fully saturated rings. The fourth-order valence-electron chi connectivity index (χ4n) is 1.43. The Labute approximate surface area is 105 Å². The number of nitrogens with zero attached hydrogens (tertiary/aromatic N) is 1. The molecule has 0 aliphatic rings. The number of aldehydes is 1. The Morgan fingerprint density at radius 2 is 2.29 bits per heavy atom. The normalized spacial score (nSPS) is 9.47. The Hall–Kier alpha value is -1.80. The Morgan fingerprint density at radius 3 is 2.82 bits per heavy atom. The van der Waals surface area contributed by atoms with Crippen LogP contribution in [0.25, 0.3) is 0 Å². The summed E-state index contributed by atoms with van der Waals surface area (Å²) in [5.74, 6) is -0.467. The fourth-order valence-corrected chi connectivity index (χ4v) is 1.69. The highest BCUT2D eigenvalue weighted by atomic mass is 32.1. The minimum Gasteiger partial charge on any atom is -0.466 e. The summed E-state index contributed by atoms with van der Waals surface area (Å²) in [4.78, 5) is 22.7. The highest BCUT2D eigenvalue weighted by molar-refractivity contribution is 7.80. The third-order valence-electron chi connectivity index (χ3n) is 2.19. The first-order valence-electron chi connectivity index (χ1n) is 4.99. The van der Waals surface area contributed by atoms with Crippen LogP contribution in [0.2, 0.25) is 0 Å². The first kappa shape index (κ1) is 13.3. The maximum atomic E-state index is 11.4. The summed E-state index contributed by atoms with van der Waals surface area (Å²) in [6.45, 7) is 1.95. The van der Waals surface area contributed by atoms with Gasteiger partial charge in [0.05, 0.1) is 18.6 Å². The summed E-state index contributed by atoms with van der Waals surface area (Å²) in [5, 5.41) is 9.00. The van der Waals surface area contributed by atoms with Gasteiger partial charge in [0.1, 0.15) is 12.4 Å². The Balaban J connectivity index is 3.19. The van der Waals surface area contributed by atoms with Crippen LogP contribution in [0.1, 0.15) is 28.4 Å². The molecule has 0 saturated carbocycles. The third-order valence-corrected chi connectivity index (χ3v) is 2.57. The zero-order valence-electron chi connectivity index (χ0n) is 9.27. The molecule has 17 heavy (non-hydrogen) atoms. The monoisotopic (exact) mass is 249 g/mol. The van der Waals surface area contributed by atoms with Gasteiger partial charge in [-0.2, -0.15) is 5.26 Å². The zero-order valence-corrected chi connectivity index (χ0v) is 10.2. The minimum atomic E-state index is -0.467. The van der Waals surface area contributed by atoms with Crippen LogP contribution in [0.15, 0.2) is 17.0 Å². The number of nitriles is 1. The quantitative estimate of drug-likeness (QED) is 0.501. The number of carbonyl (C=O) groups is 2. The molecule has 88 valence electrons. The van der Waals surface area contributed by atoms with Crippen molar-refractivity contribution in [1.82, 2.24) is 0 Å². The predicted molar refractivity (Wildman–Crippen MR) is 64.1 cm³/mol. The van der Waals surface area contributed by atoms with E-state index >= 15 is 0 Å². The second-order valence-electron chi connectivity index (χ2n) is 3.24. The van der Waals surface area contributed by atoms with E-state index in [2.05, 4.69) is 12.6 Å². The minimum absolute atomic E-state index is 0.0980. The number of esters is 1. The van der Waals surface area contributed by atoms with E-state index in [4.69, 9.17) is 10.00 Å². The maximum Gasteiger partial charge on any atom is 0.310 e. The van der Waals surface area contributed by atoms with Gasteiger partial charge in [-0.05, 0) is 18.6 Å². The van der Waals surface area contributed by atoms with Crippen molar-refractivity contribution in [2.75, 3.05) is 6.61 Å². The van der Waals surface area contributed by atoms with Crippen LogP contribution in [0.3, 0.4) is 0 Å². The second-order valence-corrected chi connectivity index (χ2v) is 3.72. The summed E-state index contributed by atoms with van der Waals surface area (Å²) in [6.07, 6.45) is 0.516. The van der Waals surface area contributed by atoms with Crippen molar-refractivity contribution in [3.05, 3.63) is 28.8 Å². The van der Waals surface area contributed by atoms with Crippen LogP contribution in [0.5, 0.6) is 0 Å². The first-order chi connectivity index (χ1) is 8.13. The topological polar surface area (TPSA) is 67.2 Å². The lowest BCUT2D eigenvalue weighted by molar-refractivity contribution is -0.142. The Morgan fingerprint density at radius 1 is 1.59 bits per heavy atom. The number of hydrogen-bond donors (Lipinski definition) is 1. The molecule has 1 rings (SSSR count). The van der Waals surface area contributed by atoms with Crippen molar-refractivity contribution in [1.29, 1.82) is 5.26 Å². The van der Waals surface area contributed by atoms with Crippen LogP contribution in [0.4, 0.5) is 0 Å². The number of benzene rings is 1. The molecule has 0 aliphatic heterocycles. The van der Waals surface area contributed by atoms with E-state index in [0.29, 0.717) is 22.3 Å². The largest absolute Gasteiger partial charge is 0.466 e. The molecule has 0 amide bonds. The molecular formula is C12H11NO3S. The number of rotatable bonds is 4. The van der Waals surface area contributed by atoms with Crippen molar-refractivity contribution in [3.8, 4) is 6.07 Å². The van der Waals surface area contributed by atoms with Crippen LogP contribution >= 0.6 is 12.6 Å². The summed E-state index contributed by atoms with van der Waals surface area (Å²) in [7, 11) is 0. The van der Waals surface area contributed by atoms with Gasteiger partial charge in [0.2, 0.25) is 0 Å². The smallest absolute Gasteiger partial charge is 0.310 e. The van der Waals surface area contributed by atoms with Crippen molar-refractivity contribution < 1.29 is 14.3 Å². The number of hydrogen-bond acceptors (Lipinski definition) is 5. The van der Waals surface area contributed by atoms with Crippen LogP contribution in [-0.4, -0.2) is 18.9 Å². The van der Waals surface area contributed by atoms with Gasteiger partial charge in [-0.3, -0.25) is 9.59 Å². The van der Waals surface area contributed by atoms with Crippen molar-refractivity contribution in [3.63, 3.8) is 0 Å². The molecule has 0 saturated heterocycles. The highest BCUT2D eigenvalue weighted by Crippen LogP contribution is 2.21. The Bertz CT molecular complexity index is 491. The average molecular weight is 249 g/mol. The van der Waals surface area contributed by atoms with Crippen molar-refractivity contribution in [2.24, 2.45) is 0 Å². The molecular weight excluding hydrogens is 238 g/mol. The van der Waals surface area contributed by atoms with Gasteiger partial charge in [-0.25, -0.2) is 0 Å². The predicted octanol–water partition coefficient (Wildman–Crippen LogP) is 1.77. The molecule has 0 atom stereocenters. The molecule has 5 heteroatoms. The lowest BCUT2D eigenvalue weighted by atomic mass is 9.99. The van der Waals surface area contributed by atoms with E-state index in [9.17, 15) is 9.59 Å². The molecule has 0 aromatic heterocycles. The van der Waals surface area contributed by atoms with E-state index < -0.39 is 5.97 Å². The summed E-state index contributed by atoms with van der Waals surface area (Å²) in [5.41, 5.74) is 0.923. The molecule has 1 aromatic rings. The van der Waals surface area contributed by atoms with Gasteiger partial charge in [0.15, 0.2) is 0 Å². The van der Waals surface area contributed by atoms with E-state index in [-0.39, 0.29) is 18.6 Å². The zero-order chi connectivity index (χ0) is 12.8. The van der Waals surface area contributed by atoms with E-state index in [0.717, 1.165) is 0 Å². The number of carbonyl (C=O) groups excluding carboxylic acids is 2. The fraction of sp³-hybridized carbons (Fsp3) is 0.250. The van der Waals surface area contributed by atoms with Crippen molar-refractivity contribution in [2.45, 2.75) is 18.2 Å². The molecule has 0 radical (unpaired) electrons. The molecule has 4 nitrogen and oxygen atoms in total. The molecule has 0 spiro atoms. The van der Waals surface area contributed by atoms with Crippen molar-refractivity contribution >= 4 is 24.9 Å². The van der Waals surface area contributed by atoms with E-state index in [1.807, 2.05) is 6.07 Å². The second kappa shape index (κ2) is 6.06. The first-order valence-corrected chi connectivity index (χ1v) is 5.44. The van der Waals surface area contributed by atoms with Gasteiger partial charge in [0.25, 0.3) is 0 Å². The van der Waals surface area contributed by atoms with Crippen LogP contribution < -0.4 is 0 Å². The molecule has 0 N–H and O–H groups in total. The molecule has 0 heterocycles. The summed E-state index contributed by atoms with van der Waals surface area (Å²) >= 11 is 4.12.